The summed E-state index contributed by atoms with van der Waals surface area (Å²) in [5, 5.41) is 2.99. The van der Waals surface area contributed by atoms with E-state index < -0.39 is 0 Å². The normalized spacial score (nSPS) is 10.5. The second kappa shape index (κ2) is 9.49. The highest BCUT2D eigenvalue weighted by atomic mass is 35.5. The van der Waals surface area contributed by atoms with E-state index in [0.29, 0.717) is 17.0 Å². The average molecular weight is 446 g/mol. The van der Waals surface area contributed by atoms with Crippen LogP contribution in [0.4, 0.5) is 5.69 Å². The van der Waals surface area contributed by atoms with Crippen LogP contribution < -0.4 is 14.8 Å². The predicted octanol–water partition coefficient (Wildman–Crippen LogP) is 5.73. The fourth-order valence-electron chi connectivity index (χ4n) is 3.24. The molecule has 2 aromatic carbocycles. The van der Waals surface area contributed by atoms with Gasteiger partial charge in [-0.2, -0.15) is 0 Å². The van der Waals surface area contributed by atoms with Crippen molar-refractivity contribution in [2.24, 2.45) is 0 Å². The number of benzene rings is 2. The minimum Gasteiger partial charge on any atom is -0.497 e. The topological polar surface area (TPSA) is 73.3 Å². The van der Waals surface area contributed by atoms with Crippen molar-refractivity contribution in [2.75, 3.05) is 19.5 Å². The number of ether oxygens (including phenoxy) is 2. The Kier molecular flexibility index (Phi) is 6.33. The van der Waals surface area contributed by atoms with Crippen LogP contribution >= 0.6 is 11.6 Å². The molecule has 0 spiro atoms. The third-order valence-electron chi connectivity index (χ3n) is 4.87. The lowest BCUT2D eigenvalue weighted by Crippen LogP contribution is -2.12. The summed E-state index contributed by atoms with van der Waals surface area (Å²) in [7, 11) is 3.25. The Labute approximate surface area is 190 Å². The SMILES string of the molecule is COc1ccc(OC)c(-c2cccc(-c3ccc(NC(=O)c4cccnc4Cl)cc3)n2)c1. The smallest absolute Gasteiger partial charge is 0.258 e. The van der Waals surface area contributed by atoms with Crippen LogP contribution in [0.15, 0.2) is 79.0 Å². The average Bonchev–Trinajstić information content (AvgIpc) is 2.84. The molecule has 0 aliphatic heterocycles. The Morgan fingerprint density at radius 1 is 0.906 bits per heavy atom. The van der Waals surface area contributed by atoms with Gasteiger partial charge in [0.25, 0.3) is 5.91 Å². The Morgan fingerprint density at radius 2 is 1.69 bits per heavy atom. The van der Waals surface area contributed by atoms with E-state index in [-0.39, 0.29) is 11.1 Å². The van der Waals surface area contributed by atoms with E-state index in [9.17, 15) is 4.79 Å². The summed E-state index contributed by atoms with van der Waals surface area (Å²) in [6, 6.07) is 22.1. The highest BCUT2D eigenvalue weighted by Gasteiger charge is 2.12. The summed E-state index contributed by atoms with van der Waals surface area (Å²) in [6.07, 6.45) is 1.54. The molecular weight excluding hydrogens is 426 g/mol. The molecule has 0 unspecified atom stereocenters. The largest absolute Gasteiger partial charge is 0.497 e. The van der Waals surface area contributed by atoms with Gasteiger partial charge in [-0.3, -0.25) is 4.79 Å². The summed E-state index contributed by atoms with van der Waals surface area (Å²) in [5.41, 5.74) is 4.27. The van der Waals surface area contributed by atoms with Crippen molar-refractivity contribution < 1.29 is 14.3 Å². The van der Waals surface area contributed by atoms with E-state index >= 15 is 0 Å². The number of carbonyl (C=O) groups excluding carboxylic acids is 1. The van der Waals surface area contributed by atoms with Gasteiger partial charge in [0.15, 0.2) is 0 Å². The Bertz CT molecular complexity index is 1260. The van der Waals surface area contributed by atoms with Gasteiger partial charge in [0.1, 0.15) is 16.7 Å². The fourth-order valence-corrected chi connectivity index (χ4v) is 3.44. The van der Waals surface area contributed by atoms with E-state index in [1.807, 2.05) is 60.7 Å². The molecule has 0 saturated carbocycles. The van der Waals surface area contributed by atoms with Gasteiger partial charge in [0.2, 0.25) is 0 Å². The molecule has 4 aromatic rings. The number of hydrogen-bond donors (Lipinski definition) is 1. The molecule has 32 heavy (non-hydrogen) atoms. The fraction of sp³-hybridized carbons (Fsp3) is 0.0800. The molecule has 2 heterocycles. The van der Waals surface area contributed by atoms with Crippen molar-refractivity contribution in [3.63, 3.8) is 0 Å². The zero-order valence-electron chi connectivity index (χ0n) is 17.5. The first-order valence-electron chi connectivity index (χ1n) is 9.81. The second-order valence-electron chi connectivity index (χ2n) is 6.85. The van der Waals surface area contributed by atoms with E-state index in [1.54, 1.807) is 26.4 Å². The van der Waals surface area contributed by atoms with Crippen molar-refractivity contribution in [2.45, 2.75) is 0 Å². The number of pyridine rings is 2. The van der Waals surface area contributed by atoms with Gasteiger partial charge in [0, 0.05) is 23.0 Å². The lowest BCUT2D eigenvalue weighted by atomic mass is 10.1. The molecule has 2 aromatic heterocycles. The van der Waals surface area contributed by atoms with Crippen LogP contribution in [-0.4, -0.2) is 30.1 Å². The maximum Gasteiger partial charge on any atom is 0.258 e. The van der Waals surface area contributed by atoms with Crippen molar-refractivity contribution in [3.05, 3.63) is 89.7 Å². The maximum atomic E-state index is 12.4. The van der Waals surface area contributed by atoms with Gasteiger partial charge >= 0.3 is 0 Å². The number of methoxy groups -OCH3 is 2. The number of anilines is 1. The monoisotopic (exact) mass is 445 g/mol. The number of halogens is 1. The van der Waals surface area contributed by atoms with E-state index in [2.05, 4.69) is 10.3 Å². The molecule has 6 nitrogen and oxygen atoms in total. The third-order valence-corrected chi connectivity index (χ3v) is 5.18. The van der Waals surface area contributed by atoms with Gasteiger partial charge < -0.3 is 14.8 Å². The number of nitrogens with one attached hydrogen (secondary N) is 1. The van der Waals surface area contributed by atoms with E-state index in [1.165, 1.54) is 6.20 Å². The van der Waals surface area contributed by atoms with Crippen molar-refractivity contribution in [1.29, 1.82) is 0 Å². The van der Waals surface area contributed by atoms with Gasteiger partial charge in [-0.25, -0.2) is 9.97 Å². The molecule has 0 bridgehead atoms. The van der Waals surface area contributed by atoms with Gasteiger partial charge in [-0.05, 0) is 54.6 Å². The van der Waals surface area contributed by atoms with Crippen molar-refractivity contribution >= 4 is 23.2 Å². The van der Waals surface area contributed by atoms with Crippen molar-refractivity contribution in [1.82, 2.24) is 9.97 Å². The summed E-state index contributed by atoms with van der Waals surface area (Å²) in [6.45, 7) is 0. The Hall–Kier alpha value is -3.90. The van der Waals surface area contributed by atoms with Crippen LogP contribution in [0.1, 0.15) is 10.4 Å². The molecule has 7 heteroatoms. The molecule has 4 rings (SSSR count). The van der Waals surface area contributed by atoms with E-state index in [4.69, 9.17) is 26.1 Å². The number of amides is 1. The molecule has 1 N–H and O–H groups in total. The summed E-state index contributed by atoms with van der Waals surface area (Å²) < 4.78 is 10.8. The molecule has 0 fully saturated rings. The molecule has 0 atom stereocenters. The highest BCUT2D eigenvalue weighted by molar-refractivity contribution is 6.33. The van der Waals surface area contributed by atoms with Crippen LogP contribution in [0.5, 0.6) is 11.5 Å². The van der Waals surface area contributed by atoms with Gasteiger partial charge in [-0.1, -0.05) is 29.8 Å². The molecule has 0 saturated heterocycles. The minimum absolute atomic E-state index is 0.163. The zero-order valence-corrected chi connectivity index (χ0v) is 18.3. The first-order valence-corrected chi connectivity index (χ1v) is 10.2. The first kappa shape index (κ1) is 21.3. The Morgan fingerprint density at radius 3 is 2.41 bits per heavy atom. The number of rotatable bonds is 6. The highest BCUT2D eigenvalue weighted by Crippen LogP contribution is 2.33. The lowest BCUT2D eigenvalue weighted by molar-refractivity contribution is 0.102. The number of carbonyl (C=O) groups is 1. The summed E-state index contributed by atoms with van der Waals surface area (Å²) in [4.78, 5) is 21.2. The number of nitrogens with zero attached hydrogens (tertiary/aromatic N) is 2. The third kappa shape index (κ3) is 4.55. The van der Waals surface area contributed by atoms with Gasteiger partial charge in [0.05, 0.1) is 31.2 Å². The summed E-state index contributed by atoms with van der Waals surface area (Å²) in [5.74, 6) is 1.12. The minimum atomic E-state index is -0.318. The quantitative estimate of drug-likeness (QED) is 0.383. The van der Waals surface area contributed by atoms with E-state index in [0.717, 1.165) is 28.3 Å². The summed E-state index contributed by atoms with van der Waals surface area (Å²) >= 11 is 6.00. The van der Waals surface area contributed by atoms with Crippen LogP contribution in [0.25, 0.3) is 22.5 Å². The van der Waals surface area contributed by atoms with Gasteiger partial charge in [-0.15, -0.1) is 0 Å². The lowest BCUT2D eigenvalue weighted by Gasteiger charge is -2.11. The van der Waals surface area contributed by atoms with Crippen LogP contribution in [0.2, 0.25) is 5.15 Å². The maximum absolute atomic E-state index is 12.4. The number of hydrogen-bond acceptors (Lipinski definition) is 5. The zero-order chi connectivity index (χ0) is 22.5. The molecular formula is C25H20ClN3O3. The van der Waals surface area contributed by atoms with Crippen LogP contribution in [-0.2, 0) is 0 Å². The Balaban J connectivity index is 1.58. The molecule has 1 amide bonds. The number of aromatic nitrogens is 2. The molecule has 160 valence electrons. The molecule has 0 radical (unpaired) electrons. The van der Waals surface area contributed by atoms with Crippen LogP contribution in [0.3, 0.4) is 0 Å². The standard InChI is InChI=1S/C25H20ClN3O3/c1-31-18-12-13-23(32-2)20(15-18)22-7-3-6-21(29-22)16-8-10-17(11-9-16)28-25(30)19-5-4-14-27-24(19)26/h3-15H,1-2H3,(H,28,30). The second-order valence-corrected chi connectivity index (χ2v) is 7.21. The first-order chi connectivity index (χ1) is 15.6. The van der Waals surface area contributed by atoms with Crippen LogP contribution in [0, 0.1) is 0 Å². The van der Waals surface area contributed by atoms with Crippen molar-refractivity contribution in [3.8, 4) is 34.0 Å². The molecule has 0 aliphatic rings. The molecule has 0 aliphatic carbocycles. The predicted molar refractivity (Wildman–Crippen MR) is 125 cm³/mol.